The first-order valence-electron chi connectivity index (χ1n) is 3.93. The van der Waals surface area contributed by atoms with E-state index in [1.165, 1.54) is 11.1 Å². The van der Waals surface area contributed by atoms with Gasteiger partial charge in [0.2, 0.25) is 0 Å². The molecule has 1 aliphatic carbocycles. The molecular weight excluding hydrogens is 470 g/mol. The van der Waals surface area contributed by atoms with Crippen LogP contribution >= 0.6 is 34.0 Å². The molecule has 0 unspecified atom stereocenters. The van der Waals surface area contributed by atoms with Gasteiger partial charge in [-0.25, -0.2) is 0 Å². The Kier molecular flexibility index (Phi) is 6.65. The third-order valence-corrected chi connectivity index (χ3v) is 5.46. The van der Waals surface area contributed by atoms with Crippen LogP contribution in [0.4, 0.5) is 0 Å². The summed E-state index contributed by atoms with van der Waals surface area (Å²) >= 11 is 2.04. The Bertz CT molecular complexity index is 236. The monoisotopic (exact) mass is 487 g/mol. The Morgan fingerprint density at radius 2 is 1.31 bits per heavy atom. The van der Waals surface area contributed by atoms with Crippen molar-refractivity contribution in [2.45, 2.75) is 34.6 Å². The second-order valence-electron chi connectivity index (χ2n) is 3.80. The van der Waals surface area contributed by atoms with Crippen molar-refractivity contribution in [3.63, 3.8) is 0 Å². The van der Waals surface area contributed by atoms with Gasteiger partial charge in [-0.15, -0.1) is 34.0 Å². The molecule has 0 atom stereocenters. The van der Waals surface area contributed by atoms with Gasteiger partial charge in [0.1, 0.15) is 0 Å². The van der Waals surface area contributed by atoms with E-state index in [9.17, 15) is 0 Å². The van der Waals surface area contributed by atoms with E-state index < -0.39 is 0 Å². The van der Waals surface area contributed by atoms with Gasteiger partial charge in [0.15, 0.2) is 0 Å². The van der Waals surface area contributed by atoms with Crippen molar-refractivity contribution in [2.75, 3.05) is 0 Å². The average molecular weight is 487 g/mol. The van der Waals surface area contributed by atoms with Crippen LogP contribution in [0.2, 0.25) is 0 Å². The Labute approximate surface area is 113 Å². The molecule has 0 N–H and O–H groups in total. The molecule has 0 aromatic heterocycles. The van der Waals surface area contributed by atoms with Gasteiger partial charge in [0.05, 0.1) is 0 Å². The van der Waals surface area contributed by atoms with Crippen LogP contribution in [0.5, 0.6) is 0 Å². The van der Waals surface area contributed by atoms with Gasteiger partial charge < -0.3 is 0 Å². The molecule has 79 valence electrons. The minimum atomic E-state index is 0. The Morgan fingerprint density at radius 3 is 1.38 bits per heavy atom. The fraction of sp³-hybridized carbons (Fsp3) is 0.600. The zero-order chi connectivity index (χ0) is 8.81. The summed E-state index contributed by atoms with van der Waals surface area (Å²) in [6.07, 6.45) is 0. The summed E-state index contributed by atoms with van der Waals surface area (Å²) in [5.41, 5.74) is 4.87. The van der Waals surface area contributed by atoms with Crippen LogP contribution in [0.3, 0.4) is 0 Å². The van der Waals surface area contributed by atoms with Gasteiger partial charge in [0, 0.05) is 0 Å². The van der Waals surface area contributed by atoms with Crippen LogP contribution < -0.4 is 0 Å². The molecule has 0 saturated carbocycles. The third-order valence-electron chi connectivity index (χ3n) is 2.92. The van der Waals surface area contributed by atoms with E-state index in [0.29, 0.717) is 5.41 Å². The first-order valence-corrected chi connectivity index (χ1v) is 5.20. The van der Waals surface area contributed by atoms with Gasteiger partial charge in [0.25, 0.3) is 0 Å². The van der Waals surface area contributed by atoms with Gasteiger partial charge in [-0.1, -0.05) is 0 Å². The normalized spacial score (nSPS) is 19.8. The summed E-state index contributed by atoms with van der Waals surface area (Å²) in [5, 5.41) is 0. The van der Waals surface area contributed by atoms with Crippen molar-refractivity contribution in [1.29, 1.82) is 0 Å². The molecular formula is C10H17Br2Os. The molecule has 3 heteroatoms. The molecule has 0 radical (unpaired) electrons. The number of allylic oxidation sites excluding steroid dienone is 4. The summed E-state index contributed by atoms with van der Waals surface area (Å²) < 4.78 is 1.56. The number of halogens is 2. The molecule has 0 bridgehead atoms. The van der Waals surface area contributed by atoms with Gasteiger partial charge in [-0.3, -0.25) is 0 Å². The van der Waals surface area contributed by atoms with Crippen molar-refractivity contribution in [3.05, 3.63) is 20.8 Å². The number of hydrogen-bond donors (Lipinski definition) is 0. The van der Waals surface area contributed by atoms with Crippen molar-refractivity contribution >= 4 is 34.0 Å². The first-order chi connectivity index (χ1) is 4.89. The van der Waals surface area contributed by atoms with Crippen LogP contribution in [-0.4, -0.2) is 0 Å². The molecule has 0 amide bonds. The number of rotatable bonds is 0. The van der Waals surface area contributed by atoms with Crippen LogP contribution in [0.15, 0.2) is 20.8 Å². The predicted molar refractivity (Wildman–Crippen MR) is 65.5 cm³/mol. The molecule has 0 aromatic carbocycles. The van der Waals surface area contributed by atoms with E-state index in [4.69, 9.17) is 0 Å². The molecule has 0 spiro atoms. The standard InChI is InChI=1S/C10H15.2BrH.Os/c1-7-6-10(4,5)9(3)8(7)2;;;/h1-5H3;2*1H;. The van der Waals surface area contributed by atoms with Crippen molar-refractivity contribution < 1.29 is 18.6 Å². The quantitative estimate of drug-likeness (QED) is 0.477. The van der Waals surface area contributed by atoms with Gasteiger partial charge in [-0.05, 0) is 0 Å². The summed E-state index contributed by atoms with van der Waals surface area (Å²) in [6, 6.07) is 0. The fourth-order valence-corrected chi connectivity index (χ4v) is 2.49. The zero-order valence-corrected chi connectivity index (χ0v) is 14.6. The Morgan fingerprint density at radius 1 is 0.923 bits per heavy atom. The molecule has 0 fully saturated rings. The Balaban J connectivity index is 0. The van der Waals surface area contributed by atoms with Gasteiger partial charge >= 0.3 is 79.5 Å². The van der Waals surface area contributed by atoms with E-state index >= 15 is 0 Å². The predicted octanol–water partition coefficient (Wildman–Crippen LogP) is 4.34. The van der Waals surface area contributed by atoms with Crippen LogP contribution in [0.1, 0.15) is 34.6 Å². The minimum absolute atomic E-state index is 0. The van der Waals surface area contributed by atoms with E-state index in [1.54, 1.807) is 9.70 Å². The maximum absolute atomic E-state index is 2.31. The second-order valence-corrected chi connectivity index (χ2v) is 5.07. The van der Waals surface area contributed by atoms with Crippen molar-refractivity contribution in [3.8, 4) is 0 Å². The molecule has 1 aliphatic rings. The molecule has 0 heterocycles. The summed E-state index contributed by atoms with van der Waals surface area (Å²) in [6.45, 7) is 11.3. The van der Waals surface area contributed by atoms with E-state index in [2.05, 4.69) is 34.6 Å². The van der Waals surface area contributed by atoms with E-state index in [0.717, 1.165) is 0 Å². The topological polar surface area (TPSA) is 0 Å². The summed E-state index contributed by atoms with van der Waals surface area (Å²) in [4.78, 5) is 0. The van der Waals surface area contributed by atoms with E-state index in [-0.39, 0.29) is 34.0 Å². The molecule has 0 nitrogen and oxygen atoms in total. The van der Waals surface area contributed by atoms with Crippen LogP contribution in [0.25, 0.3) is 0 Å². The fourth-order valence-electron chi connectivity index (χ4n) is 1.54. The SMILES string of the molecule is Br.Br.CC1=C(C)C(C)(C)[C]([Os])=C1C. The maximum atomic E-state index is 2.31. The molecule has 1 rings (SSSR count). The molecule has 13 heavy (non-hydrogen) atoms. The third kappa shape index (κ3) is 2.55. The average Bonchev–Trinajstić information content (AvgIpc) is 2.06. The Hall–Kier alpha value is 1.08. The summed E-state index contributed by atoms with van der Waals surface area (Å²) in [7, 11) is 0. The van der Waals surface area contributed by atoms with Crippen LogP contribution in [0, 0.1) is 5.41 Å². The second kappa shape index (κ2) is 5.24. The van der Waals surface area contributed by atoms with Crippen molar-refractivity contribution in [1.82, 2.24) is 0 Å². The number of hydrogen-bond acceptors (Lipinski definition) is 0. The van der Waals surface area contributed by atoms with Gasteiger partial charge in [-0.2, -0.15) is 0 Å². The van der Waals surface area contributed by atoms with Crippen molar-refractivity contribution in [2.24, 2.45) is 5.41 Å². The first kappa shape index (κ1) is 16.5. The van der Waals surface area contributed by atoms with Crippen LogP contribution in [-0.2, 0) is 18.6 Å². The zero-order valence-electron chi connectivity index (χ0n) is 8.67. The molecule has 0 saturated heterocycles. The summed E-state index contributed by atoms with van der Waals surface area (Å²) in [5.74, 6) is 0. The molecule has 0 aliphatic heterocycles. The van der Waals surface area contributed by atoms with E-state index in [1.807, 2.05) is 18.6 Å². The molecule has 0 aromatic rings.